The van der Waals surface area contributed by atoms with Gasteiger partial charge in [0.2, 0.25) is 0 Å². The third kappa shape index (κ3) is 3.19. The van der Waals surface area contributed by atoms with E-state index in [0.29, 0.717) is 0 Å². The molecule has 2 rings (SSSR count). The van der Waals surface area contributed by atoms with E-state index >= 15 is 0 Å². The van der Waals surface area contributed by atoms with Gasteiger partial charge in [-0.15, -0.1) is 35.9 Å². The first-order valence-corrected chi connectivity index (χ1v) is 7.49. The third-order valence-electron chi connectivity index (χ3n) is 1.37. The number of benzene rings is 1. The fraction of sp³-hybridized carbons (Fsp3) is 0. The van der Waals surface area contributed by atoms with Gasteiger partial charge in [0.1, 0.15) is 0 Å². The summed E-state index contributed by atoms with van der Waals surface area (Å²) in [6.45, 7) is 0. The van der Waals surface area contributed by atoms with Gasteiger partial charge in [-0.05, 0) is 0 Å². The summed E-state index contributed by atoms with van der Waals surface area (Å²) in [7, 11) is 4.67. The van der Waals surface area contributed by atoms with Crippen LogP contribution in [0.2, 0.25) is 0 Å². The van der Waals surface area contributed by atoms with Crippen molar-refractivity contribution in [2.24, 2.45) is 0 Å². The Morgan fingerprint density at radius 1 is 1.38 bits per heavy atom. The first kappa shape index (κ1) is 10.9. The van der Waals surface area contributed by atoms with Gasteiger partial charge in [-0.2, -0.15) is 11.3 Å². The number of halogens is 1. The summed E-state index contributed by atoms with van der Waals surface area (Å²) in [4.78, 5) is 4.17. The fourth-order valence-corrected chi connectivity index (χ4v) is 1.51. The quantitative estimate of drug-likeness (QED) is 0.686. The van der Waals surface area contributed by atoms with Crippen molar-refractivity contribution in [2.75, 3.05) is 0 Å². The molecule has 0 saturated carbocycles. The standard InChI is InChI=1S/C9H6NS.ClH.Os/c1-2-4-8(5-3-1)9-10-6-7-11-9;;/h1-4,6-7H;1H;/q-1;;+1/p-1. The Kier molecular flexibility index (Phi) is 5.23. The van der Waals surface area contributed by atoms with Crippen LogP contribution in [0.1, 0.15) is 0 Å². The SMILES string of the molecule is [Cl][Os].[c-]1ccccc1-c1nccs1. The second-order valence-corrected chi connectivity index (χ2v) is 3.01. The van der Waals surface area contributed by atoms with Gasteiger partial charge in [0, 0.05) is 16.6 Å². The van der Waals surface area contributed by atoms with Crippen LogP contribution in [0.25, 0.3) is 10.6 Å². The van der Waals surface area contributed by atoms with E-state index in [0.717, 1.165) is 10.6 Å². The molecular weight excluding hydrogens is 380 g/mol. The minimum atomic E-state index is 1.03. The number of thiazole rings is 1. The van der Waals surface area contributed by atoms with Crippen molar-refractivity contribution in [3.8, 4) is 10.6 Å². The van der Waals surface area contributed by atoms with Gasteiger partial charge in [-0.1, -0.05) is 0 Å². The summed E-state index contributed by atoms with van der Waals surface area (Å²) in [6.07, 6.45) is 1.81. The van der Waals surface area contributed by atoms with Crippen LogP contribution in [-0.2, 0) is 17.6 Å². The molecule has 0 radical (unpaired) electrons. The molecule has 0 saturated heterocycles. The minimum Gasteiger partial charge on any atom is -0.293 e. The summed E-state index contributed by atoms with van der Waals surface area (Å²) >= 11 is 2.97. The maximum absolute atomic E-state index is 4.67. The summed E-state index contributed by atoms with van der Waals surface area (Å²) in [5.74, 6) is 0. The van der Waals surface area contributed by atoms with Crippen LogP contribution in [0.4, 0.5) is 0 Å². The molecule has 69 valence electrons. The zero-order valence-corrected chi connectivity index (χ0v) is 10.7. The Bertz CT molecular complexity index is 323. The normalized spacial score (nSPS) is 8.77. The van der Waals surface area contributed by atoms with Crippen molar-refractivity contribution < 1.29 is 17.6 Å². The summed E-state index contributed by atoms with van der Waals surface area (Å²) < 4.78 is 0. The fourth-order valence-electron chi connectivity index (χ4n) is 0.883. The Morgan fingerprint density at radius 3 is 2.77 bits per heavy atom. The van der Waals surface area contributed by atoms with Gasteiger partial charge in [0.15, 0.2) is 0 Å². The first-order valence-electron chi connectivity index (χ1n) is 3.47. The molecule has 4 heteroatoms. The van der Waals surface area contributed by atoms with E-state index in [1.165, 1.54) is 17.6 Å². The summed E-state index contributed by atoms with van der Waals surface area (Å²) in [6, 6.07) is 11.0. The third-order valence-corrected chi connectivity index (χ3v) is 2.18. The van der Waals surface area contributed by atoms with Crippen molar-refractivity contribution >= 4 is 21.0 Å². The average molecular weight is 386 g/mol. The van der Waals surface area contributed by atoms with E-state index in [1.54, 1.807) is 17.5 Å². The molecular formula is C9H6ClNOsS-. The van der Waals surface area contributed by atoms with Crippen molar-refractivity contribution in [1.82, 2.24) is 4.98 Å². The van der Waals surface area contributed by atoms with Gasteiger partial charge in [-0.25, -0.2) is 0 Å². The zero-order valence-electron chi connectivity index (χ0n) is 6.55. The van der Waals surface area contributed by atoms with E-state index in [4.69, 9.17) is 0 Å². The molecule has 1 aromatic heterocycles. The number of hydrogen-bond donors (Lipinski definition) is 0. The van der Waals surface area contributed by atoms with E-state index in [1.807, 2.05) is 29.6 Å². The Morgan fingerprint density at radius 2 is 2.23 bits per heavy atom. The number of rotatable bonds is 1. The van der Waals surface area contributed by atoms with Gasteiger partial charge in [0.05, 0.1) is 0 Å². The molecule has 0 atom stereocenters. The van der Waals surface area contributed by atoms with Crippen molar-refractivity contribution in [3.05, 3.63) is 41.9 Å². The Balaban J connectivity index is 0.000000396. The van der Waals surface area contributed by atoms with E-state index in [-0.39, 0.29) is 0 Å². The molecule has 0 aliphatic carbocycles. The van der Waals surface area contributed by atoms with E-state index in [9.17, 15) is 0 Å². The first-order chi connectivity index (χ1) is 6.47. The smallest absolute Gasteiger partial charge is 0.0401 e. The molecule has 0 amide bonds. The zero-order chi connectivity index (χ0) is 9.52. The predicted molar refractivity (Wildman–Crippen MR) is 52.2 cm³/mol. The molecule has 0 bridgehead atoms. The second kappa shape index (κ2) is 6.26. The number of nitrogens with zero attached hydrogens (tertiary/aromatic N) is 1. The van der Waals surface area contributed by atoms with Crippen LogP contribution in [-0.4, -0.2) is 4.98 Å². The topological polar surface area (TPSA) is 12.9 Å². The monoisotopic (exact) mass is 387 g/mol. The maximum atomic E-state index is 4.67. The molecule has 0 N–H and O–H groups in total. The molecule has 0 aliphatic rings. The number of hydrogen-bond acceptors (Lipinski definition) is 2. The predicted octanol–water partition coefficient (Wildman–Crippen LogP) is 3.30. The largest absolute Gasteiger partial charge is 0.293 e. The molecule has 2 aromatic rings. The molecule has 0 unspecified atom stereocenters. The van der Waals surface area contributed by atoms with Gasteiger partial charge >= 0.3 is 27.2 Å². The van der Waals surface area contributed by atoms with Crippen molar-refractivity contribution in [2.45, 2.75) is 0 Å². The van der Waals surface area contributed by atoms with Crippen LogP contribution in [0.15, 0.2) is 35.8 Å². The summed E-state index contributed by atoms with van der Waals surface area (Å²) in [5, 5.41) is 3.00. The minimum absolute atomic E-state index is 1.03. The maximum Gasteiger partial charge on any atom is 0.0401 e. The summed E-state index contributed by atoms with van der Waals surface area (Å²) in [5.41, 5.74) is 1.07. The second-order valence-electron chi connectivity index (χ2n) is 2.11. The van der Waals surface area contributed by atoms with Crippen molar-refractivity contribution in [1.29, 1.82) is 0 Å². The average Bonchev–Trinajstić information content (AvgIpc) is 2.75. The van der Waals surface area contributed by atoms with Crippen LogP contribution in [0.5, 0.6) is 0 Å². The van der Waals surface area contributed by atoms with E-state index < -0.39 is 0 Å². The Hall–Kier alpha value is -0.224. The number of aromatic nitrogens is 1. The van der Waals surface area contributed by atoms with E-state index in [2.05, 4.69) is 20.7 Å². The van der Waals surface area contributed by atoms with Crippen LogP contribution < -0.4 is 0 Å². The molecule has 0 aliphatic heterocycles. The molecule has 1 heterocycles. The van der Waals surface area contributed by atoms with Crippen LogP contribution in [0.3, 0.4) is 0 Å². The Labute approximate surface area is 95.7 Å². The molecule has 13 heavy (non-hydrogen) atoms. The van der Waals surface area contributed by atoms with Crippen LogP contribution >= 0.6 is 21.0 Å². The molecule has 0 spiro atoms. The molecule has 0 fully saturated rings. The van der Waals surface area contributed by atoms with Gasteiger partial charge in [-0.3, -0.25) is 4.98 Å². The molecule has 1 nitrogen and oxygen atoms in total. The van der Waals surface area contributed by atoms with Gasteiger partial charge < -0.3 is 0 Å². The van der Waals surface area contributed by atoms with Crippen molar-refractivity contribution in [3.63, 3.8) is 0 Å². The van der Waals surface area contributed by atoms with Gasteiger partial charge in [0.25, 0.3) is 0 Å². The molecule has 1 aromatic carbocycles. The van der Waals surface area contributed by atoms with Crippen LogP contribution in [0, 0.1) is 6.07 Å².